The summed E-state index contributed by atoms with van der Waals surface area (Å²) < 4.78 is 24.4. The first-order chi connectivity index (χ1) is 9.63. The van der Waals surface area contributed by atoms with E-state index in [1.165, 1.54) is 4.88 Å². The molecule has 20 heavy (non-hydrogen) atoms. The zero-order chi connectivity index (χ0) is 14.4. The molecule has 0 unspecified atom stereocenters. The molecule has 0 atom stereocenters. The number of para-hydroxylation sites is 1. The van der Waals surface area contributed by atoms with Crippen molar-refractivity contribution in [3.05, 3.63) is 46.7 Å². The van der Waals surface area contributed by atoms with Gasteiger partial charge in [-0.3, -0.25) is 0 Å². The van der Waals surface area contributed by atoms with E-state index in [0.717, 1.165) is 13.0 Å². The van der Waals surface area contributed by atoms with Gasteiger partial charge in [-0.05, 0) is 36.4 Å². The predicted octanol–water partition coefficient (Wildman–Crippen LogP) is 3.59. The fraction of sp³-hybridized carbons (Fsp3) is 0.333. The molecule has 0 aliphatic carbocycles. The average Bonchev–Trinajstić information content (AvgIpc) is 2.92. The Bertz CT molecular complexity index is 634. The monoisotopic (exact) mass is 309 g/mol. The van der Waals surface area contributed by atoms with Crippen molar-refractivity contribution < 1.29 is 8.42 Å². The van der Waals surface area contributed by atoms with Crippen LogP contribution >= 0.6 is 11.3 Å². The summed E-state index contributed by atoms with van der Waals surface area (Å²) in [6.45, 7) is 2.61. The van der Waals surface area contributed by atoms with E-state index in [9.17, 15) is 8.42 Å². The topological polar surface area (TPSA) is 46.2 Å². The Morgan fingerprint density at radius 2 is 1.95 bits per heavy atom. The molecule has 1 aromatic carbocycles. The Labute approximate surface area is 124 Å². The molecule has 2 rings (SSSR count). The standard InChI is InChI=1S/C15H19NO2S2/c1-2-12-20(17,18)15-8-4-3-7-14(15)16-10-9-13-6-5-11-19-13/h3-8,11,16H,2,9-10,12H2,1H3. The molecule has 0 fully saturated rings. The van der Waals surface area contributed by atoms with Crippen LogP contribution in [0.2, 0.25) is 0 Å². The fourth-order valence-corrected chi connectivity index (χ4v) is 4.27. The maximum Gasteiger partial charge on any atom is 0.180 e. The van der Waals surface area contributed by atoms with Crippen LogP contribution in [0.1, 0.15) is 18.2 Å². The first-order valence-electron chi connectivity index (χ1n) is 6.71. The van der Waals surface area contributed by atoms with E-state index < -0.39 is 9.84 Å². The van der Waals surface area contributed by atoms with Gasteiger partial charge in [-0.1, -0.05) is 25.1 Å². The van der Waals surface area contributed by atoms with Crippen molar-refractivity contribution in [1.82, 2.24) is 0 Å². The van der Waals surface area contributed by atoms with Gasteiger partial charge in [0.05, 0.1) is 16.3 Å². The van der Waals surface area contributed by atoms with Gasteiger partial charge in [-0.15, -0.1) is 11.3 Å². The molecule has 0 spiro atoms. The second kappa shape index (κ2) is 6.90. The summed E-state index contributed by atoms with van der Waals surface area (Å²) in [7, 11) is -3.19. The largest absolute Gasteiger partial charge is 0.384 e. The lowest BCUT2D eigenvalue weighted by Crippen LogP contribution is -2.11. The SMILES string of the molecule is CCCS(=O)(=O)c1ccccc1NCCc1cccs1. The summed E-state index contributed by atoms with van der Waals surface area (Å²) in [5.41, 5.74) is 0.706. The molecule has 0 radical (unpaired) electrons. The molecule has 0 bridgehead atoms. The summed E-state index contributed by atoms with van der Waals surface area (Å²) in [6, 6.07) is 11.3. The highest BCUT2D eigenvalue weighted by Crippen LogP contribution is 2.22. The Morgan fingerprint density at radius 3 is 2.65 bits per heavy atom. The summed E-state index contributed by atoms with van der Waals surface area (Å²) in [4.78, 5) is 1.71. The minimum Gasteiger partial charge on any atom is -0.384 e. The van der Waals surface area contributed by atoms with Gasteiger partial charge in [-0.25, -0.2) is 8.42 Å². The van der Waals surface area contributed by atoms with Crippen LogP contribution in [-0.4, -0.2) is 20.7 Å². The minimum absolute atomic E-state index is 0.191. The van der Waals surface area contributed by atoms with E-state index in [-0.39, 0.29) is 5.75 Å². The van der Waals surface area contributed by atoms with Crippen molar-refractivity contribution in [1.29, 1.82) is 0 Å². The summed E-state index contributed by atoms with van der Waals surface area (Å²) in [5, 5.41) is 5.29. The van der Waals surface area contributed by atoms with Gasteiger partial charge in [-0.2, -0.15) is 0 Å². The van der Waals surface area contributed by atoms with Crippen LogP contribution in [0.15, 0.2) is 46.7 Å². The summed E-state index contributed by atoms with van der Waals surface area (Å²) >= 11 is 1.72. The number of benzene rings is 1. The van der Waals surface area contributed by atoms with E-state index >= 15 is 0 Å². The van der Waals surface area contributed by atoms with Crippen LogP contribution < -0.4 is 5.32 Å². The van der Waals surface area contributed by atoms with Crippen LogP contribution in [0.25, 0.3) is 0 Å². The van der Waals surface area contributed by atoms with E-state index in [0.29, 0.717) is 17.0 Å². The minimum atomic E-state index is -3.19. The highest BCUT2D eigenvalue weighted by atomic mass is 32.2. The molecule has 0 saturated carbocycles. The van der Waals surface area contributed by atoms with Crippen molar-refractivity contribution >= 4 is 26.9 Å². The van der Waals surface area contributed by atoms with Crippen LogP contribution in [0.4, 0.5) is 5.69 Å². The highest BCUT2D eigenvalue weighted by molar-refractivity contribution is 7.91. The Morgan fingerprint density at radius 1 is 1.15 bits per heavy atom. The van der Waals surface area contributed by atoms with Crippen molar-refractivity contribution in [2.24, 2.45) is 0 Å². The zero-order valence-electron chi connectivity index (χ0n) is 11.5. The Hall–Kier alpha value is -1.33. The lowest BCUT2D eigenvalue weighted by molar-refractivity contribution is 0.595. The van der Waals surface area contributed by atoms with Crippen molar-refractivity contribution in [3.8, 4) is 0 Å². The molecule has 2 aromatic rings. The molecule has 1 aromatic heterocycles. The maximum atomic E-state index is 12.2. The van der Waals surface area contributed by atoms with Crippen LogP contribution in [0.5, 0.6) is 0 Å². The maximum absolute atomic E-state index is 12.2. The van der Waals surface area contributed by atoms with Gasteiger partial charge in [0.2, 0.25) is 0 Å². The van der Waals surface area contributed by atoms with E-state index in [2.05, 4.69) is 16.8 Å². The van der Waals surface area contributed by atoms with Gasteiger partial charge in [0.25, 0.3) is 0 Å². The molecule has 0 aliphatic heterocycles. The molecular weight excluding hydrogens is 290 g/mol. The highest BCUT2D eigenvalue weighted by Gasteiger charge is 2.16. The second-order valence-corrected chi connectivity index (χ2v) is 7.68. The van der Waals surface area contributed by atoms with Crippen LogP contribution in [0, 0.1) is 0 Å². The lowest BCUT2D eigenvalue weighted by atomic mass is 10.3. The number of rotatable bonds is 7. The predicted molar refractivity (Wildman–Crippen MR) is 85.3 cm³/mol. The van der Waals surface area contributed by atoms with Gasteiger partial charge >= 0.3 is 0 Å². The number of anilines is 1. The number of sulfone groups is 1. The summed E-state index contributed by atoms with van der Waals surface area (Å²) in [6.07, 6.45) is 1.53. The number of hydrogen-bond acceptors (Lipinski definition) is 4. The van der Waals surface area contributed by atoms with Crippen LogP contribution in [-0.2, 0) is 16.3 Å². The quantitative estimate of drug-likeness (QED) is 0.850. The molecule has 0 aliphatic rings. The fourth-order valence-electron chi connectivity index (χ4n) is 2.04. The van der Waals surface area contributed by atoms with Gasteiger partial charge in [0, 0.05) is 11.4 Å². The molecule has 1 heterocycles. The molecule has 5 heteroatoms. The van der Waals surface area contributed by atoms with Crippen LogP contribution in [0.3, 0.4) is 0 Å². The van der Waals surface area contributed by atoms with Gasteiger partial charge in [0.15, 0.2) is 9.84 Å². The van der Waals surface area contributed by atoms with Crippen molar-refractivity contribution in [3.63, 3.8) is 0 Å². The van der Waals surface area contributed by atoms with Gasteiger partial charge < -0.3 is 5.32 Å². The van der Waals surface area contributed by atoms with E-state index in [1.807, 2.05) is 25.1 Å². The zero-order valence-corrected chi connectivity index (χ0v) is 13.1. The first-order valence-corrected chi connectivity index (χ1v) is 9.24. The van der Waals surface area contributed by atoms with Crippen molar-refractivity contribution in [2.75, 3.05) is 17.6 Å². The smallest absolute Gasteiger partial charge is 0.180 e. The number of hydrogen-bond donors (Lipinski definition) is 1. The normalized spacial score (nSPS) is 11.4. The third-order valence-electron chi connectivity index (χ3n) is 2.96. The third-order valence-corrected chi connectivity index (χ3v) is 5.87. The van der Waals surface area contributed by atoms with E-state index in [1.54, 1.807) is 23.5 Å². The second-order valence-electron chi connectivity index (χ2n) is 4.57. The number of nitrogens with one attached hydrogen (secondary N) is 1. The lowest BCUT2D eigenvalue weighted by Gasteiger charge is -2.11. The van der Waals surface area contributed by atoms with E-state index in [4.69, 9.17) is 0 Å². The molecule has 3 nitrogen and oxygen atoms in total. The molecule has 108 valence electrons. The molecule has 0 saturated heterocycles. The van der Waals surface area contributed by atoms with Gasteiger partial charge in [0.1, 0.15) is 0 Å². The molecular formula is C15H19NO2S2. The van der Waals surface area contributed by atoms with Crippen molar-refractivity contribution in [2.45, 2.75) is 24.7 Å². The molecule has 0 amide bonds. The molecule has 1 N–H and O–H groups in total. The number of thiophene rings is 1. The summed E-state index contributed by atoms with van der Waals surface area (Å²) in [5.74, 6) is 0.191. The Balaban J connectivity index is 2.08. The first kappa shape index (κ1) is 15.1. The Kier molecular flexibility index (Phi) is 5.20. The average molecular weight is 309 g/mol. The third kappa shape index (κ3) is 3.84.